The van der Waals surface area contributed by atoms with E-state index in [0.29, 0.717) is 17.1 Å². The molecule has 1 heterocycles. The summed E-state index contributed by atoms with van der Waals surface area (Å²) in [5.74, 6) is 0. The Morgan fingerprint density at radius 1 is 1.40 bits per heavy atom. The molecular formula is C11H5F3N4O2. The number of halogens is 3. The molecule has 2 rings (SSSR count). The minimum atomic E-state index is -4.61. The lowest BCUT2D eigenvalue weighted by molar-refractivity contribution is -0.384. The zero-order valence-corrected chi connectivity index (χ0v) is 9.63. The van der Waals surface area contributed by atoms with Crippen molar-refractivity contribution in [2.45, 2.75) is 6.18 Å². The molecule has 0 unspecified atom stereocenters. The Hall–Kier alpha value is -2.89. The number of nitrogens with zero attached hydrogens (tertiary/aromatic N) is 4. The summed E-state index contributed by atoms with van der Waals surface area (Å²) in [5, 5.41) is 14.4. The standard InChI is InChI=1S/C11H5F3N4O2/c1-15-8-3-2-4-9(18(19)20)10(8)17-6-7(5-16-17)11(12,13)14/h2-6H. The number of hydrogen-bond donors (Lipinski definition) is 0. The molecule has 1 aromatic heterocycles. The van der Waals surface area contributed by atoms with Gasteiger partial charge in [0.05, 0.1) is 23.3 Å². The topological polar surface area (TPSA) is 65.3 Å². The van der Waals surface area contributed by atoms with Gasteiger partial charge in [0, 0.05) is 12.3 Å². The van der Waals surface area contributed by atoms with Gasteiger partial charge in [0.15, 0.2) is 0 Å². The molecule has 6 nitrogen and oxygen atoms in total. The maximum atomic E-state index is 12.5. The minimum Gasteiger partial charge on any atom is -0.258 e. The zero-order valence-electron chi connectivity index (χ0n) is 9.63. The van der Waals surface area contributed by atoms with Crippen LogP contribution < -0.4 is 0 Å². The quantitative estimate of drug-likeness (QED) is 0.482. The third kappa shape index (κ3) is 2.31. The van der Waals surface area contributed by atoms with Gasteiger partial charge < -0.3 is 0 Å². The molecule has 20 heavy (non-hydrogen) atoms. The number of nitro groups is 1. The van der Waals surface area contributed by atoms with Gasteiger partial charge >= 0.3 is 6.18 Å². The second-order valence-corrected chi connectivity index (χ2v) is 3.69. The first-order valence-electron chi connectivity index (χ1n) is 5.11. The van der Waals surface area contributed by atoms with Gasteiger partial charge in [-0.2, -0.15) is 18.3 Å². The van der Waals surface area contributed by atoms with Gasteiger partial charge in [0.25, 0.3) is 5.69 Å². The smallest absolute Gasteiger partial charge is 0.258 e. The summed E-state index contributed by atoms with van der Waals surface area (Å²) in [6.45, 7) is 6.94. The number of nitro benzene ring substituents is 1. The molecule has 0 aliphatic rings. The fourth-order valence-electron chi connectivity index (χ4n) is 1.58. The van der Waals surface area contributed by atoms with Crippen molar-refractivity contribution >= 4 is 11.4 Å². The van der Waals surface area contributed by atoms with Crippen molar-refractivity contribution in [1.82, 2.24) is 9.78 Å². The maximum absolute atomic E-state index is 12.5. The van der Waals surface area contributed by atoms with E-state index in [1.165, 1.54) is 12.1 Å². The first-order chi connectivity index (χ1) is 9.34. The van der Waals surface area contributed by atoms with E-state index in [0.717, 1.165) is 6.07 Å². The molecule has 0 aliphatic heterocycles. The molecule has 0 spiro atoms. The second-order valence-electron chi connectivity index (χ2n) is 3.69. The normalized spacial score (nSPS) is 11.1. The largest absolute Gasteiger partial charge is 0.419 e. The van der Waals surface area contributed by atoms with Crippen molar-refractivity contribution < 1.29 is 18.1 Å². The van der Waals surface area contributed by atoms with E-state index in [1.807, 2.05) is 0 Å². The van der Waals surface area contributed by atoms with Crippen LogP contribution in [-0.2, 0) is 6.18 Å². The average molecular weight is 282 g/mol. The first-order valence-corrected chi connectivity index (χ1v) is 5.11. The van der Waals surface area contributed by atoms with Crippen LogP contribution in [0.5, 0.6) is 0 Å². The van der Waals surface area contributed by atoms with Crippen molar-refractivity contribution in [2.24, 2.45) is 0 Å². The summed E-state index contributed by atoms with van der Waals surface area (Å²) in [6.07, 6.45) is -3.46. The second kappa shape index (κ2) is 4.65. The fourth-order valence-corrected chi connectivity index (χ4v) is 1.58. The summed E-state index contributed by atoms with van der Waals surface area (Å²) < 4.78 is 38.2. The van der Waals surface area contributed by atoms with Crippen LogP contribution in [0.25, 0.3) is 10.5 Å². The van der Waals surface area contributed by atoms with E-state index in [-0.39, 0.29) is 11.4 Å². The predicted molar refractivity (Wildman–Crippen MR) is 61.5 cm³/mol. The number of para-hydroxylation sites is 1. The highest BCUT2D eigenvalue weighted by atomic mass is 19.4. The number of aromatic nitrogens is 2. The van der Waals surface area contributed by atoms with E-state index >= 15 is 0 Å². The number of hydrogen-bond acceptors (Lipinski definition) is 3. The van der Waals surface area contributed by atoms with E-state index in [1.54, 1.807) is 0 Å². The van der Waals surface area contributed by atoms with Crippen LogP contribution in [0.2, 0.25) is 0 Å². The molecule has 0 aliphatic carbocycles. The van der Waals surface area contributed by atoms with Crippen molar-refractivity contribution in [3.8, 4) is 5.69 Å². The number of alkyl halides is 3. The number of benzene rings is 1. The van der Waals surface area contributed by atoms with Gasteiger partial charge in [-0.1, -0.05) is 12.1 Å². The van der Waals surface area contributed by atoms with Crippen LogP contribution in [0.4, 0.5) is 24.5 Å². The lowest BCUT2D eigenvalue weighted by atomic mass is 10.2. The van der Waals surface area contributed by atoms with Gasteiger partial charge in [-0.3, -0.25) is 10.1 Å². The van der Waals surface area contributed by atoms with Crippen molar-refractivity contribution in [1.29, 1.82) is 0 Å². The minimum absolute atomic E-state index is 0.156. The highest BCUT2D eigenvalue weighted by molar-refractivity contribution is 5.71. The Kier molecular flexibility index (Phi) is 3.15. The molecule has 0 saturated carbocycles. The van der Waals surface area contributed by atoms with Gasteiger partial charge in [-0.15, -0.1) is 0 Å². The van der Waals surface area contributed by atoms with Crippen molar-refractivity contribution in [3.05, 3.63) is 57.7 Å². The molecule has 0 N–H and O–H groups in total. The maximum Gasteiger partial charge on any atom is 0.419 e. The van der Waals surface area contributed by atoms with Crippen LogP contribution in [0.3, 0.4) is 0 Å². The summed E-state index contributed by atoms with van der Waals surface area (Å²) in [7, 11) is 0. The SMILES string of the molecule is [C-]#[N+]c1cccc([N+](=O)[O-])c1-n1cc(C(F)(F)F)cn1. The van der Waals surface area contributed by atoms with Gasteiger partial charge in [-0.25, -0.2) is 9.53 Å². The Morgan fingerprint density at radius 2 is 2.10 bits per heavy atom. The zero-order chi connectivity index (χ0) is 14.9. The monoisotopic (exact) mass is 282 g/mol. The van der Waals surface area contributed by atoms with E-state index in [9.17, 15) is 23.3 Å². The Bertz CT molecular complexity index is 715. The van der Waals surface area contributed by atoms with Crippen LogP contribution >= 0.6 is 0 Å². The third-order valence-corrected chi connectivity index (χ3v) is 2.45. The highest BCUT2D eigenvalue weighted by Gasteiger charge is 2.33. The van der Waals surface area contributed by atoms with E-state index in [2.05, 4.69) is 9.94 Å². The summed E-state index contributed by atoms with van der Waals surface area (Å²) in [6, 6.07) is 3.65. The Labute approximate surface area is 110 Å². The summed E-state index contributed by atoms with van der Waals surface area (Å²) in [5.41, 5.74) is -1.99. The third-order valence-electron chi connectivity index (χ3n) is 2.45. The summed E-state index contributed by atoms with van der Waals surface area (Å²) in [4.78, 5) is 13.2. The van der Waals surface area contributed by atoms with E-state index in [4.69, 9.17) is 6.57 Å². The fraction of sp³-hybridized carbons (Fsp3) is 0.0909. The van der Waals surface area contributed by atoms with Crippen LogP contribution in [0.15, 0.2) is 30.6 Å². The van der Waals surface area contributed by atoms with Crippen molar-refractivity contribution in [2.75, 3.05) is 0 Å². The average Bonchev–Trinajstić information content (AvgIpc) is 2.86. The highest BCUT2D eigenvalue weighted by Crippen LogP contribution is 2.34. The van der Waals surface area contributed by atoms with Crippen LogP contribution in [0, 0.1) is 16.7 Å². The first kappa shape index (κ1) is 13.5. The number of rotatable bonds is 2. The molecule has 0 radical (unpaired) electrons. The lowest BCUT2D eigenvalue weighted by Crippen LogP contribution is -2.04. The van der Waals surface area contributed by atoms with Crippen molar-refractivity contribution in [3.63, 3.8) is 0 Å². The molecule has 0 saturated heterocycles. The molecule has 102 valence electrons. The van der Waals surface area contributed by atoms with Gasteiger partial charge in [0.2, 0.25) is 5.69 Å². The molecule has 0 bridgehead atoms. The predicted octanol–water partition coefficient (Wildman–Crippen LogP) is 3.35. The lowest BCUT2D eigenvalue weighted by Gasteiger charge is -2.05. The summed E-state index contributed by atoms with van der Waals surface area (Å²) >= 11 is 0. The molecule has 2 aromatic rings. The van der Waals surface area contributed by atoms with Gasteiger partial charge in [-0.05, 0) is 0 Å². The van der Waals surface area contributed by atoms with E-state index < -0.39 is 22.4 Å². The molecular weight excluding hydrogens is 277 g/mol. The van der Waals surface area contributed by atoms with Crippen LogP contribution in [-0.4, -0.2) is 14.7 Å². The van der Waals surface area contributed by atoms with Gasteiger partial charge in [0.1, 0.15) is 5.69 Å². The molecule has 0 atom stereocenters. The Balaban J connectivity index is 2.66. The van der Waals surface area contributed by atoms with Crippen LogP contribution in [0.1, 0.15) is 5.56 Å². The molecule has 9 heteroatoms. The Morgan fingerprint density at radius 3 is 2.60 bits per heavy atom. The molecule has 1 aromatic carbocycles. The molecule has 0 amide bonds. The molecule has 0 fully saturated rings.